The van der Waals surface area contributed by atoms with Gasteiger partial charge < -0.3 is 5.32 Å². The number of benzene rings is 2. The molecule has 0 bridgehead atoms. The van der Waals surface area contributed by atoms with Crippen LogP contribution in [0.4, 0.5) is 0 Å². The summed E-state index contributed by atoms with van der Waals surface area (Å²) in [4.78, 5) is 8.22. The third-order valence-electron chi connectivity index (χ3n) is 2.71. The summed E-state index contributed by atoms with van der Waals surface area (Å²) >= 11 is 0. The van der Waals surface area contributed by atoms with Crippen LogP contribution in [0.5, 0.6) is 0 Å². The minimum atomic E-state index is -0.0244. The van der Waals surface area contributed by atoms with Gasteiger partial charge in [0, 0.05) is 5.56 Å². The van der Waals surface area contributed by atoms with Gasteiger partial charge in [0.15, 0.2) is 0 Å². The van der Waals surface area contributed by atoms with E-state index in [1.54, 1.807) is 12.7 Å². The Morgan fingerprint density at radius 1 is 1.00 bits per heavy atom. The van der Waals surface area contributed by atoms with Crippen molar-refractivity contribution >= 4 is 23.4 Å². The Balaban J connectivity index is 2.16. The van der Waals surface area contributed by atoms with Gasteiger partial charge in [-0.15, -0.1) is 0 Å². The Morgan fingerprint density at radius 2 is 1.88 bits per heavy atom. The zero-order valence-electron chi connectivity index (χ0n) is 8.67. The molecule has 0 amide bonds. The molecule has 1 heterocycles. The SMILES string of the molecule is C1=NC=NC(c2cccc3ccccc23)N1. The minimum absolute atomic E-state index is 0.0244. The molecular formula is C13H11N3. The summed E-state index contributed by atoms with van der Waals surface area (Å²) in [5.74, 6) is 0. The predicted octanol–water partition coefficient (Wildman–Crippen LogP) is 2.50. The molecule has 1 unspecified atom stereocenters. The predicted molar refractivity (Wildman–Crippen MR) is 66.8 cm³/mol. The molecule has 1 N–H and O–H groups in total. The first-order chi connectivity index (χ1) is 7.95. The van der Waals surface area contributed by atoms with Crippen molar-refractivity contribution in [3.63, 3.8) is 0 Å². The van der Waals surface area contributed by atoms with E-state index in [4.69, 9.17) is 0 Å². The molecular weight excluding hydrogens is 198 g/mol. The maximum atomic E-state index is 4.32. The summed E-state index contributed by atoms with van der Waals surface area (Å²) in [5, 5.41) is 5.61. The molecule has 0 aliphatic carbocycles. The normalized spacial score (nSPS) is 18.6. The van der Waals surface area contributed by atoms with Crippen LogP contribution in [0, 0.1) is 0 Å². The van der Waals surface area contributed by atoms with Crippen LogP contribution in [0.2, 0.25) is 0 Å². The molecule has 2 aromatic carbocycles. The molecule has 0 fully saturated rings. The highest BCUT2D eigenvalue weighted by molar-refractivity contribution is 5.87. The molecule has 0 radical (unpaired) electrons. The Morgan fingerprint density at radius 3 is 2.75 bits per heavy atom. The maximum Gasteiger partial charge on any atom is 0.147 e. The molecule has 78 valence electrons. The van der Waals surface area contributed by atoms with E-state index in [0.29, 0.717) is 0 Å². The van der Waals surface area contributed by atoms with Gasteiger partial charge in [-0.25, -0.2) is 9.98 Å². The highest BCUT2D eigenvalue weighted by Gasteiger charge is 2.11. The third kappa shape index (κ3) is 1.46. The molecule has 1 aliphatic rings. The lowest BCUT2D eigenvalue weighted by Gasteiger charge is -2.16. The molecule has 3 nitrogen and oxygen atoms in total. The van der Waals surface area contributed by atoms with E-state index in [0.717, 1.165) is 0 Å². The highest BCUT2D eigenvalue weighted by Crippen LogP contribution is 2.25. The van der Waals surface area contributed by atoms with Gasteiger partial charge in [-0.1, -0.05) is 42.5 Å². The minimum Gasteiger partial charge on any atom is -0.351 e. The Bertz CT molecular complexity index is 567. The Hall–Kier alpha value is -2.16. The van der Waals surface area contributed by atoms with Crippen LogP contribution in [0.3, 0.4) is 0 Å². The van der Waals surface area contributed by atoms with Gasteiger partial charge in [0.25, 0.3) is 0 Å². The van der Waals surface area contributed by atoms with E-state index >= 15 is 0 Å². The number of hydrogen-bond acceptors (Lipinski definition) is 3. The van der Waals surface area contributed by atoms with Crippen molar-refractivity contribution < 1.29 is 0 Å². The second-order valence-electron chi connectivity index (χ2n) is 3.68. The van der Waals surface area contributed by atoms with Crippen molar-refractivity contribution in [1.29, 1.82) is 0 Å². The number of aliphatic imine (C=N–C) groups is 2. The molecule has 1 aliphatic heterocycles. The van der Waals surface area contributed by atoms with Crippen LogP contribution < -0.4 is 5.32 Å². The molecule has 3 heteroatoms. The lowest BCUT2D eigenvalue weighted by molar-refractivity contribution is 0.694. The summed E-state index contributed by atoms with van der Waals surface area (Å²) < 4.78 is 0. The van der Waals surface area contributed by atoms with E-state index in [9.17, 15) is 0 Å². The quantitative estimate of drug-likeness (QED) is 0.769. The summed E-state index contributed by atoms with van der Waals surface area (Å²) in [6.45, 7) is 0. The molecule has 0 saturated heterocycles. The first-order valence-electron chi connectivity index (χ1n) is 5.22. The lowest BCUT2D eigenvalue weighted by Crippen LogP contribution is -2.20. The number of nitrogens with one attached hydrogen (secondary N) is 1. The summed E-state index contributed by atoms with van der Waals surface area (Å²) in [7, 11) is 0. The van der Waals surface area contributed by atoms with Crippen LogP contribution in [0.25, 0.3) is 10.8 Å². The van der Waals surface area contributed by atoms with E-state index < -0.39 is 0 Å². The van der Waals surface area contributed by atoms with Crippen molar-refractivity contribution in [2.75, 3.05) is 0 Å². The molecule has 0 saturated carbocycles. The van der Waals surface area contributed by atoms with Crippen molar-refractivity contribution in [1.82, 2.24) is 5.32 Å². The van der Waals surface area contributed by atoms with Crippen LogP contribution in [0.1, 0.15) is 11.7 Å². The monoisotopic (exact) mass is 209 g/mol. The van der Waals surface area contributed by atoms with Crippen molar-refractivity contribution in [3.05, 3.63) is 48.0 Å². The molecule has 0 spiro atoms. The molecule has 1 atom stereocenters. The number of nitrogens with zero attached hydrogens (tertiary/aromatic N) is 2. The van der Waals surface area contributed by atoms with Crippen molar-refractivity contribution in [2.45, 2.75) is 6.17 Å². The van der Waals surface area contributed by atoms with E-state index in [1.165, 1.54) is 16.3 Å². The first kappa shape index (κ1) is 9.09. The van der Waals surface area contributed by atoms with Gasteiger partial charge in [-0.3, -0.25) is 0 Å². The topological polar surface area (TPSA) is 36.8 Å². The van der Waals surface area contributed by atoms with Crippen LogP contribution in [-0.2, 0) is 0 Å². The van der Waals surface area contributed by atoms with Crippen molar-refractivity contribution in [2.24, 2.45) is 9.98 Å². The van der Waals surface area contributed by atoms with Crippen LogP contribution in [0.15, 0.2) is 52.4 Å². The van der Waals surface area contributed by atoms with E-state index in [-0.39, 0.29) is 6.17 Å². The van der Waals surface area contributed by atoms with Crippen LogP contribution in [-0.4, -0.2) is 12.7 Å². The zero-order chi connectivity index (χ0) is 10.8. The average molecular weight is 209 g/mol. The summed E-state index contributed by atoms with van der Waals surface area (Å²) in [5.41, 5.74) is 1.18. The number of rotatable bonds is 1. The van der Waals surface area contributed by atoms with Crippen LogP contribution >= 0.6 is 0 Å². The average Bonchev–Trinajstić information content (AvgIpc) is 2.39. The highest BCUT2D eigenvalue weighted by atomic mass is 15.1. The van der Waals surface area contributed by atoms with Gasteiger partial charge in [-0.2, -0.15) is 0 Å². The molecule has 0 aromatic heterocycles. The lowest BCUT2D eigenvalue weighted by atomic mass is 10.0. The van der Waals surface area contributed by atoms with E-state index in [2.05, 4.69) is 45.6 Å². The third-order valence-corrected chi connectivity index (χ3v) is 2.71. The largest absolute Gasteiger partial charge is 0.351 e. The van der Waals surface area contributed by atoms with E-state index in [1.807, 2.05) is 12.1 Å². The second-order valence-corrected chi connectivity index (χ2v) is 3.68. The summed E-state index contributed by atoms with van der Waals surface area (Å²) in [6, 6.07) is 14.6. The Labute approximate surface area is 93.5 Å². The van der Waals surface area contributed by atoms with Gasteiger partial charge in [0.1, 0.15) is 12.5 Å². The smallest absolute Gasteiger partial charge is 0.147 e. The first-order valence-corrected chi connectivity index (χ1v) is 5.22. The molecule has 16 heavy (non-hydrogen) atoms. The van der Waals surface area contributed by atoms with Gasteiger partial charge >= 0.3 is 0 Å². The molecule has 2 aromatic rings. The zero-order valence-corrected chi connectivity index (χ0v) is 8.67. The van der Waals surface area contributed by atoms with Gasteiger partial charge in [0.05, 0.1) is 6.34 Å². The number of fused-ring (bicyclic) bond motifs is 1. The second kappa shape index (κ2) is 3.77. The fourth-order valence-electron chi connectivity index (χ4n) is 1.95. The summed E-state index contributed by atoms with van der Waals surface area (Å²) in [6.07, 6.45) is 3.24. The maximum absolute atomic E-state index is 4.32. The number of hydrogen-bond donors (Lipinski definition) is 1. The fraction of sp³-hybridized carbons (Fsp3) is 0.0769. The van der Waals surface area contributed by atoms with Gasteiger partial charge in [-0.05, 0) is 10.8 Å². The molecule has 3 rings (SSSR count). The van der Waals surface area contributed by atoms with Crippen molar-refractivity contribution in [3.8, 4) is 0 Å². The fourth-order valence-corrected chi connectivity index (χ4v) is 1.95. The Kier molecular flexibility index (Phi) is 2.14. The standard InChI is InChI=1S/C13H11N3/c1-2-6-11-10(4-1)5-3-7-12(11)13-15-8-14-9-16-13/h1-9,13H,(H,14,15,16). The van der Waals surface area contributed by atoms with Gasteiger partial charge in [0.2, 0.25) is 0 Å².